The average molecular weight is 279 g/mol. The highest BCUT2D eigenvalue weighted by Gasteiger charge is 2.18. The lowest BCUT2D eigenvalue weighted by Crippen LogP contribution is -2.05. The molecule has 0 bridgehead atoms. The van der Waals surface area contributed by atoms with Gasteiger partial charge in [0.15, 0.2) is 0 Å². The van der Waals surface area contributed by atoms with Crippen LogP contribution in [-0.4, -0.2) is 9.91 Å². The van der Waals surface area contributed by atoms with Crippen LogP contribution in [0.3, 0.4) is 0 Å². The summed E-state index contributed by atoms with van der Waals surface area (Å²) in [7, 11) is 0. The molecular weight excluding hydrogens is 268 g/mol. The Morgan fingerprint density at radius 1 is 1.35 bits per heavy atom. The van der Waals surface area contributed by atoms with E-state index in [2.05, 4.69) is 10.3 Å². The van der Waals surface area contributed by atoms with E-state index in [1.807, 2.05) is 6.92 Å². The Labute approximate surface area is 113 Å². The highest BCUT2D eigenvalue weighted by atomic mass is 19.1. The molecule has 0 atom stereocenters. The summed E-state index contributed by atoms with van der Waals surface area (Å²) in [5.41, 5.74) is 0.876. The van der Waals surface area contributed by atoms with Gasteiger partial charge in [-0.2, -0.15) is 4.39 Å². The van der Waals surface area contributed by atoms with Gasteiger partial charge in [0.2, 0.25) is 5.82 Å². The van der Waals surface area contributed by atoms with Crippen molar-refractivity contribution in [1.82, 2.24) is 4.98 Å². The molecule has 0 spiro atoms. The van der Waals surface area contributed by atoms with Crippen LogP contribution in [0.1, 0.15) is 11.1 Å². The van der Waals surface area contributed by atoms with Crippen LogP contribution in [0.4, 0.5) is 20.2 Å². The normalized spacial score (nSPS) is 10.3. The molecule has 0 aliphatic carbocycles. The van der Waals surface area contributed by atoms with Gasteiger partial charge in [0, 0.05) is 31.1 Å². The van der Waals surface area contributed by atoms with E-state index < -0.39 is 22.2 Å². The summed E-state index contributed by atoms with van der Waals surface area (Å²) in [5, 5.41) is 13.3. The maximum absolute atomic E-state index is 13.6. The Hall–Kier alpha value is -2.57. The quantitative estimate of drug-likeness (QED) is 0.689. The summed E-state index contributed by atoms with van der Waals surface area (Å²) < 4.78 is 26.7. The predicted octanol–water partition coefficient (Wildman–Crippen LogP) is 3.19. The number of anilines is 1. The molecule has 2 aromatic rings. The summed E-state index contributed by atoms with van der Waals surface area (Å²) in [4.78, 5) is 13.7. The van der Waals surface area contributed by atoms with Crippen LogP contribution in [0, 0.1) is 28.7 Å². The number of aryl methyl sites for hydroxylation is 1. The first-order valence-corrected chi connectivity index (χ1v) is 5.76. The first-order valence-electron chi connectivity index (χ1n) is 5.76. The number of hydrogen-bond acceptors (Lipinski definition) is 4. The summed E-state index contributed by atoms with van der Waals surface area (Å²) in [6.07, 6.45) is 3.24. The van der Waals surface area contributed by atoms with Crippen molar-refractivity contribution in [1.29, 1.82) is 0 Å². The standard InChI is InChI=1S/C13H11F2N3O2/c1-8-2-3-16-6-9(8)7-17-12-5-13(18(19)20)11(15)4-10(12)14/h2-6,17H,7H2,1H3. The van der Waals surface area contributed by atoms with Gasteiger partial charge >= 0.3 is 5.69 Å². The van der Waals surface area contributed by atoms with E-state index in [-0.39, 0.29) is 12.2 Å². The minimum atomic E-state index is -1.20. The van der Waals surface area contributed by atoms with Crippen molar-refractivity contribution in [3.63, 3.8) is 0 Å². The number of benzene rings is 1. The molecular formula is C13H11F2N3O2. The van der Waals surface area contributed by atoms with Gasteiger partial charge in [-0.1, -0.05) is 0 Å². The molecule has 0 radical (unpaired) electrons. The molecule has 1 heterocycles. The fourth-order valence-electron chi connectivity index (χ4n) is 1.69. The van der Waals surface area contributed by atoms with Crippen molar-refractivity contribution in [3.05, 3.63) is 63.5 Å². The lowest BCUT2D eigenvalue weighted by molar-refractivity contribution is -0.387. The highest BCUT2D eigenvalue weighted by molar-refractivity contribution is 5.53. The first kappa shape index (κ1) is 13.9. The number of nitro groups is 1. The monoisotopic (exact) mass is 279 g/mol. The van der Waals surface area contributed by atoms with Crippen LogP contribution in [-0.2, 0) is 6.54 Å². The van der Waals surface area contributed by atoms with Crippen molar-refractivity contribution < 1.29 is 13.7 Å². The summed E-state index contributed by atoms with van der Waals surface area (Å²) in [6.45, 7) is 2.10. The van der Waals surface area contributed by atoms with Gasteiger partial charge < -0.3 is 5.32 Å². The topological polar surface area (TPSA) is 68.1 Å². The molecule has 0 saturated heterocycles. The first-order chi connectivity index (χ1) is 9.49. The molecule has 1 aromatic heterocycles. The van der Waals surface area contributed by atoms with Crippen molar-refractivity contribution in [2.45, 2.75) is 13.5 Å². The van der Waals surface area contributed by atoms with Gasteiger partial charge in [-0.25, -0.2) is 4.39 Å². The number of nitrogens with one attached hydrogen (secondary N) is 1. The van der Waals surface area contributed by atoms with Crippen LogP contribution in [0.15, 0.2) is 30.6 Å². The zero-order valence-electron chi connectivity index (χ0n) is 10.6. The largest absolute Gasteiger partial charge is 0.378 e. The van der Waals surface area contributed by atoms with Gasteiger partial charge in [0.1, 0.15) is 5.82 Å². The van der Waals surface area contributed by atoms with E-state index >= 15 is 0 Å². The molecule has 7 heteroatoms. The zero-order valence-corrected chi connectivity index (χ0v) is 10.6. The molecule has 0 fully saturated rings. The fraction of sp³-hybridized carbons (Fsp3) is 0.154. The second-order valence-electron chi connectivity index (χ2n) is 4.20. The maximum Gasteiger partial charge on any atom is 0.307 e. The number of hydrogen-bond donors (Lipinski definition) is 1. The van der Waals surface area contributed by atoms with E-state index in [0.29, 0.717) is 6.07 Å². The van der Waals surface area contributed by atoms with Crippen LogP contribution >= 0.6 is 0 Å². The molecule has 0 unspecified atom stereocenters. The maximum atomic E-state index is 13.6. The molecule has 0 aliphatic rings. The molecule has 0 aliphatic heterocycles. The third-order valence-corrected chi connectivity index (χ3v) is 2.85. The van der Waals surface area contributed by atoms with Crippen LogP contribution < -0.4 is 5.32 Å². The Balaban J connectivity index is 2.24. The average Bonchev–Trinajstić information content (AvgIpc) is 2.39. The van der Waals surface area contributed by atoms with E-state index in [1.54, 1.807) is 18.5 Å². The van der Waals surface area contributed by atoms with Gasteiger partial charge in [0.25, 0.3) is 0 Å². The summed E-state index contributed by atoms with van der Waals surface area (Å²) in [5.74, 6) is -2.08. The minimum absolute atomic E-state index is 0.124. The second kappa shape index (κ2) is 5.60. The van der Waals surface area contributed by atoms with Crippen molar-refractivity contribution in [2.75, 3.05) is 5.32 Å². The lowest BCUT2D eigenvalue weighted by Gasteiger charge is -2.09. The summed E-state index contributed by atoms with van der Waals surface area (Å²) in [6, 6.07) is 3.13. The van der Waals surface area contributed by atoms with Crippen molar-refractivity contribution >= 4 is 11.4 Å². The van der Waals surface area contributed by atoms with Gasteiger partial charge in [0.05, 0.1) is 10.6 Å². The molecule has 1 aromatic carbocycles. The van der Waals surface area contributed by atoms with E-state index in [9.17, 15) is 18.9 Å². The molecule has 104 valence electrons. The lowest BCUT2D eigenvalue weighted by atomic mass is 10.1. The smallest absolute Gasteiger partial charge is 0.307 e. The van der Waals surface area contributed by atoms with Gasteiger partial charge in [-0.15, -0.1) is 0 Å². The Kier molecular flexibility index (Phi) is 3.88. The molecule has 2 rings (SSSR count). The van der Waals surface area contributed by atoms with E-state index in [0.717, 1.165) is 17.2 Å². The number of aromatic nitrogens is 1. The van der Waals surface area contributed by atoms with Gasteiger partial charge in [-0.3, -0.25) is 15.1 Å². The second-order valence-corrected chi connectivity index (χ2v) is 4.20. The Morgan fingerprint density at radius 2 is 2.10 bits per heavy atom. The zero-order chi connectivity index (χ0) is 14.7. The van der Waals surface area contributed by atoms with Crippen molar-refractivity contribution in [3.8, 4) is 0 Å². The van der Waals surface area contributed by atoms with Crippen LogP contribution in [0.2, 0.25) is 0 Å². The number of nitro benzene ring substituents is 1. The Bertz CT molecular complexity index is 662. The number of rotatable bonds is 4. The molecule has 1 N–H and O–H groups in total. The predicted molar refractivity (Wildman–Crippen MR) is 69.3 cm³/mol. The summed E-state index contributed by atoms with van der Waals surface area (Å²) >= 11 is 0. The van der Waals surface area contributed by atoms with Gasteiger partial charge in [-0.05, 0) is 24.1 Å². The molecule has 0 amide bonds. The highest BCUT2D eigenvalue weighted by Crippen LogP contribution is 2.25. The fourth-order valence-corrected chi connectivity index (χ4v) is 1.69. The molecule has 5 nitrogen and oxygen atoms in total. The van der Waals surface area contributed by atoms with Crippen molar-refractivity contribution in [2.24, 2.45) is 0 Å². The molecule has 0 saturated carbocycles. The van der Waals surface area contributed by atoms with E-state index in [1.165, 1.54) is 0 Å². The number of pyridine rings is 1. The van der Waals surface area contributed by atoms with Crippen LogP contribution in [0.25, 0.3) is 0 Å². The van der Waals surface area contributed by atoms with E-state index in [4.69, 9.17) is 0 Å². The SMILES string of the molecule is Cc1ccncc1CNc1cc([N+](=O)[O-])c(F)cc1F. The van der Waals surface area contributed by atoms with Crippen LogP contribution in [0.5, 0.6) is 0 Å². The molecule has 20 heavy (non-hydrogen) atoms. The Morgan fingerprint density at radius 3 is 2.75 bits per heavy atom. The number of halogens is 2. The minimum Gasteiger partial charge on any atom is -0.378 e. The third kappa shape index (κ3) is 2.87. The number of nitrogens with zero attached hydrogens (tertiary/aromatic N) is 2. The third-order valence-electron chi connectivity index (χ3n) is 2.85.